The van der Waals surface area contributed by atoms with E-state index in [0.29, 0.717) is 11.3 Å². The Balaban J connectivity index is 2.31. The Morgan fingerprint density at radius 1 is 1.56 bits per heavy atom. The van der Waals surface area contributed by atoms with Gasteiger partial charge in [0.05, 0.1) is 11.8 Å². The number of aromatic amines is 1. The molecule has 6 nitrogen and oxygen atoms in total. The fraction of sp³-hybridized carbons (Fsp3) is 0.400. The van der Waals surface area contributed by atoms with Crippen molar-refractivity contribution in [2.24, 2.45) is 0 Å². The van der Waals surface area contributed by atoms with Crippen LogP contribution in [-0.4, -0.2) is 35.8 Å². The highest BCUT2D eigenvalue weighted by Crippen LogP contribution is 2.14. The molecule has 2 N–H and O–H groups in total. The normalized spacial score (nSPS) is 12.1. The molecule has 2 aromatic rings. The van der Waals surface area contributed by atoms with Crippen LogP contribution in [-0.2, 0) is 16.6 Å². The number of nitrogens with one attached hydrogen (secondary N) is 2. The number of fused-ring (bicyclic) bond motifs is 1. The minimum absolute atomic E-state index is 0.287. The fourth-order valence-corrected chi connectivity index (χ4v) is 2.47. The van der Waals surface area contributed by atoms with Gasteiger partial charge >= 0.3 is 0 Å². The zero-order valence-corrected chi connectivity index (χ0v) is 11.7. The second kappa shape index (κ2) is 4.79. The lowest BCUT2D eigenvalue weighted by Crippen LogP contribution is -2.26. The average molecular weight is 286 g/mol. The van der Waals surface area contributed by atoms with Gasteiger partial charge in [0.2, 0.25) is 10.0 Å². The van der Waals surface area contributed by atoms with Crippen molar-refractivity contribution in [1.82, 2.24) is 19.3 Å². The highest BCUT2D eigenvalue weighted by Gasteiger charge is 2.08. The van der Waals surface area contributed by atoms with Gasteiger partial charge < -0.3 is 9.55 Å². The van der Waals surface area contributed by atoms with E-state index in [0.717, 1.165) is 23.0 Å². The van der Waals surface area contributed by atoms with Gasteiger partial charge in [0.15, 0.2) is 10.4 Å². The molecule has 0 atom stereocenters. The van der Waals surface area contributed by atoms with Gasteiger partial charge in [0.1, 0.15) is 0 Å². The van der Waals surface area contributed by atoms with Crippen LogP contribution in [0, 0.1) is 11.7 Å². The summed E-state index contributed by atoms with van der Waals surface area (Å²) in [6, 6.07) is 1.90. The van der Waals surface area contributed by atoms with Crippen molar-refractivity contribution in [3.8, 4) is 0 Å². The third kappa shape index (κ3) is 2.77. The van der Waals surface area contributed by atoms with Gasteiger partial charge in [-0.05, 0) is 30.8 Å². The highest BCUT2D eigenvalue weighted by molar-refractivity contribution is 7.88. The molecule has 0 aliphatic carbocycles. The molecular formula is C10H14N4O2S2. The van der Waals surface area contributed by atoms with Crippen LogP contribution >= 0.6 is 12.2 Å². The zero-order chi connectivity index (χ0) is 13.3. The van der Waals surface area contributed by atoms with Gasteiger partial charge in [0.25, 0.3) is 0 Å². The smallest absolute Gasteiger partial charge is 0.208 e. The van der Waals surface area contributed by atoms with Gasteiger partial charge in [0, 0.05) is 19.3 Å². The molecular weight excluding hydrogens is 272 g/mol. The molecule has 0 aliphatic rings. The molecule has 2 rings (SSSR count). The highest BCUT2D eigenvalue weighted by atomic mass is 32.2. The Bertz CT molecular complexity index is 730. The number of H-pyrrole nitrogens is 1. The predicted molar refractivity (Wildman–Crippen MR) is 72.5 cm³/mol. The summed E-state index contributed by atoms with van der Waals surface area (Å²) in [5, 5.41) is 0. The van der Waals surface area contributed by atoms with Crippen LogP contribution in [0.2, 0.25) is 0 Å². The van der Waals surface area contributed by atoms with Crippen molar-refractivity contribution in [3.63, 3.8) is 0 Å². The molecule has 0 spiro atoms. The Morgan fingerprint density at radius 3 is 2.94 bits per heavy atom. The Labute approximate surface area is 110 Å². The van der Waals surface area contributed by atoms with Crippen molar-refractivity contribution in [3.05, 3.63) is 22.6 Å². The van der Waals surface area contributed by atoms with E-state index in [1.54, 1.807) is 10.8 Å². The molecule has 0 radical (unpaired) electrons. The van der Waals surface area contributed by atoms with Crippen molar-refractivity contribution >= 4 is 33.4 Å². The zero-order valence-electron chi connectivity index (χ0n) is 10.1. The summed E-state index contributed by atoms with van der Waals surface area (Å²) in [7, 11) is -3.18. The van der Waals surface area contributed by atoms with Gasteiger partial charge in [-0.3, -0.25) is 0 Å². The maximum atomic E-state index is 11.0. The third-order valence-electron chi connectivity index (χ3n) is 2.57. The molecule has 2 heterocycles. The van der Waals surface area contributed by atoms with Crippen LogP contribution in [0.1, 0.15) is 5.56 Å². The summed E-state index contributed by atoms with van der Waals surface area (Å²) in [6.07, 6.45) is 2.84. The first-order valence-electron chi connectivity index (χ1n) is 5.37. The molecule has 98 valence electrons. The van der Waals surface area contributed by atoms with Crippen molar-refractivity contribution < 1.29 is 8.42 Å². The quantitative estimate of drug-likeness (QED) is 0.820. The van der Waals surface area contributed by atoms with Crippen molar-refractivity contribution in [1.29, 1.82) is 0 Å². The minimum atomic E-state index is -3.18. The topological polar surface area (TPSA) is 79.8 Å². The number of aryl methyl sites for hydroxylation is 1. The first kappa shape index (κ1) is 13.2. The predicted octanol–water partition coefficient (Wildman–Crippen LogP) is 0.952. The maximum absolute atomic E-state index is 11.0. The van der Waals surface area contributed by atoms with E-state index in [1.165, 1.54) is 0 Å². The van der Waals surface area contributed by atoms with E-state index in [1.807, 2.05) is 13.0 Å². The van der Waals surface area contributed by atoms with E-state index in [2.05, 4.69) is 14.7 Å². The minimum Gasteiger partial charge on any atom is -0.329 e. The molecule has 0 fully saturated rings. The molecule has 0 aromatic carbocycles. The lowest BCUT2D eigenvalue weighted by Gasteiger charge is -2.04. The SMILES string of the molecule is Cc1ccnc2c1[nH]c(=S)n2CCNS(C)(=O)=O. The summed E-state index contributed by atoms with van der Waals surface area (Å²) in [5.74, 6) is 0. The molecule has 0 unspecified atom stereocenters. The van der Waals surface area contributed by atoms with Crippen LogP contribution in [0.25, 0.3) is 11.2 Å². The largest absolute Gasteiger partial charge is 0.329 e. The standard InChI is InChI=1S/C10H14N4O2S2/c1-7-3-4-11-9-8(7)13-10(17)14(9)6-5-12-18(2,15)16/h3-4,12H,5-6H2,1-2H3,(H,13,17). The van der Waals surface area contributed by atoms with Crippen LogP contribution < -0.4 is 4.72 Å². The number of sulfonamides is 1. The monoisotopic (exact) mass is 286 g/mol. The lowest BCUT2D eigenvalue weighted by molar-refractivity contribution is 0.579. The molecule has 0 aliphatic heterocycles. The molecule has 18 heavy (non-hydrogen) atoms. The summed E-state index contributed by atoms with van der Waals surface area (Å²) in [4.78, 5) is 7.35. The van der Waals surface area contributed by atoms with Gasteiger partial charge in [-0.1, -0.05) is 0 Å². The number of nitrogens with zero attached hydrogens (tertiary/aromatic N) is 2. The van der Waals surface area contributed by atoms with Crippen LogP contribution in [0.5, 0.6) is 0 Å². The van der Waals surface area contributed by atoms with E-state index >= 15 is 0 Å². The van der Waals surface area contributed by atoms with E-state index in [-0.39, 0.29) is 6.54 Å². The number of hydrogen-bond acceptors (Lipinski definition) is 4. The van der Waals surface area contributed by atoms with Crippen LogP contribution in [0.15, 0.2) is 12.3 Å². The number of rotatable bonds is 4. The molecule has 0 saturated heterocycles. The molecule has 2 aromatic heterocycles. The summed E-state index contributed by atoms with van der Waals surface area (Å²) < 4.78 is 26.7. The Hall–Kier alpha value is -1.25. The van der Waals surface area contributed by atoms with Gasteiger partial charge in [-0.2, -0.15) is 0 Å². The fourth-order valence-electron chi connectivity index (χ4n) is 1.72. The second-order valence-electron chi connectivity index (χ2n) is 4.07. The number of aromatic nitrogens is 3. The molecule has 0 bridgehead atoms. The van der Waals surface area contributed by atoms with Gasteiger partial charge in [-0.15, -0.1) is 0 Å². The first-order chi connectivity index (χ1) is 8.38. The Kier molecular flexibility index (Phi) is 3.51. The number of imidazole rings is 1. The van der Waals surface area contributed by atoms with E-state index in [9.17, 15) is 8.42 Å². The summed E-state index contributed by atoms with van der Waals surface area (Å²) in [6.45, 7) is 2.70. The maximum Gasteiger partial charge on any atom is 0.208 e. The Morgan fingerprint density at radius 2 is 2.28 bits per heavy atom. The molecule has 0 amide bonds. The molecule has 8 heteroatoms. The first-order valence-corrected chi connectivity index (χ1v) is 7.67. The number of pyridine rings is 1. The van der Waals surface area contributed by atoms with Crippen LogP contribution in [0.3, 0.4) is 0 Å². The number of hydrogen-bond donors (Lipinski definition) is 2. The third-order valence-corrected chi connectivity index (χ3v) is 3.62. The van der Waals surface area contributed by atoms with Gasteiger partial charge in [-0.25, -0.2) is 18.1 Å². The summed E-state index contributed by atoms with van der Waals surface area (Å²) in [5.41, 5.74) is 2.69. The summed E-state index contributed by atoms with van der Waals surface area (Å²) >= 11 is 5.21. The second-order valence-corrected chi connectivity index (χ2v) is 6.29. The molecule has 0 saturated carbocycles. The van der Waals surface area contributed by atoms with E-state index in [4.69, 9.17) is 12.2 Å². The van der Waals surface area contributed by atoms with E-state index < -0.39 is 10.0 Å². The van der Waals surface area contributed by atoms with Crippen molar-refractivity contribution in [2.75, 3.05) is 12.8 Å². The van der Waals surface area contributed by atoms with Crippen LogP contribution in [0.4, 0.5) is 0 Å². The van der Waals surface area contributed by atoms with Crippen molar-refractivity contribution in [2.45, 2.75) is 13.5 Å². The average Bonchev–Trinajstić information content (AvgIpc) is 2.56. The lowest BCUT2D eigenvalue weighted by atomic mass is 10.3.